The summed E-state index contributed by atoms with van der Waals surface area (Å²) in [5.41, 5.74) is 2.73. The van der Waals surface area contributed by atoms with E-state index in [-0.39, 0.29) is 10.6 Å². The smallest absolute Gasteiger partial charge is 0.293 e. The number of hydrogen-bond acceptors (Lipinski definition) is 8. The second kappa shape index (κ2) is 13.5. The Hall–Kier alpha value is -3.01. The highest BCUT2D eigenvalue weighted by Gasteiger charge is 2.18. The Kier molecular flexibility index (Phi) is 10.4. The van der Waals surface area contributed by atoms with Crippen LogP contribution in [0.3, 0.4) is 0 Å². The van der Waals surface area contributed by atoms with Crippen LogP contribution >= 0.6 is 11.6 Å². The van der Waals surface area contributed by atoms with Gasteiger partial charge in [-0.25, -0.2) is 14.4 Å². The van der Waals surface area contributed by atoms with Gasteiger partial charge in [-0.1, -0.05) is 11.6 Å². The quantitative estimate of drug-likeness (QED) is 0.300. The molecular formula is C27H34ClFN4O4. The summed E-state index contributed by atoms with van der Waals surface area (Å²) in [4.78, 5) is 18.5. The Morgan fingerprint density at radius 3 is 2.54 bits per heavy atom. The van der Waals surface area contributed by atoms with Crippen LogP contribution in [0.25, 0.3) is 22.2 Å². The average Bonchev–Trinajstić information content (AvgIpc) is 2.86. The molecule has 1 fully saturated rings. The first-order chi connectivity index (χ1) is 17.7. The summed E-state index contributed by atoms with van der Waals surface area (Å²) in [5, 5.41) is 7.90. The Bertz CT molecular complexity index is 1180. The maximum atomic E-state index is 13.6. The van der Waals surface area contributed by atoms with Crippen LogP contribution in [0, 0.1) is 5.82 Å². The molecule has 0 spiro atoms. The van der Waals surface area contributed by atoms with E-state index in [4.69, 9.17) is 21.1 Å². The number of carbonyl (C=O) groups excluding carboxylic acids is 1. The first-order valence-corrected chi connectivity index (χ1v) is 12.5. The zero-order valence-corrected chi connectivity index (χ0v) is 22.4. The molecule has 1 saturated heterocycles. The van der Waals surface area contributed by atoms with Gasteiger partial charge in [-0.05, 0) is 71.0 Å². The van der Waals surface area contributed by atoms with Crippen molar-refractivity contribution in [3.8, 4) is 17.0 Å². The van der Waals surface area contributed by atoms with Crippen molar-refractivity contribution in [3.63, 3.8) is 0 Å². The number of rotatable bonds is 8. The molecule has 0 amide bonds. The van der Waals surface area contributed by atoms with Gasteiger partial charge in [-0.3, -0.25) is 4.79 Å². The fraction of sp³-hybridized carbons (Fsp3) is 0.444. The molecule has 2 aromatic carbocycles. The summed E-state index contributed by atoms with van der Waals surface area (Å²) in [7, 11) is 1.64. The zero-order valence-electron chi connectivity index (χ0n) is 21.6. The zero-order chi connectivity index (χ0) is 26.8. The van der Waals surface area contributed by atoms with Crippen molar-refractivity contribution in [3.05, 3.63) is 47.5 Å². The van der Waals surface area contributed by atoms with Gasteiger partial charge in [0.15, 0.2) is 0 Å². The van der Waals surface area contributed by atoms with E-state index in [1.165, 1.54) is 12.4 Å². The van der Waals surface area contributed by atoms with E-state index >= 15 is 0 Å². The minimum Gasteiger partial charge on any atom is -0.489 e. The first kappa shape index (κ1) is 28.6. The van der Waals surface area contributed by atoms with Gasteiger partial charge in [-0.15, -0.1) is 0 Å². The van der Waals surface area contributed by atoms with Gasteiger partial charge in [0.1, 0.15) is 30.1 Å². The Balaban J connectivity index is 0.000000479. The van der Waals surface area contributed by atoms with E-state index in [1.807, 2.05) is 32.9 Å². The largest absolute Gasteiger partial charge is 0.489 e. The van der Waals surface area contributed by atoms with Crippen LogP contribution in [0.1, 0.15) is 33.6 Å². The standard InChI is InChI=1S/C22H24ClFN4O2.C5H10O2/c1-29-8-9-30-21-12-19-16(11-20(21)28-15-4-6-25-7-5-15)22(27-13-26-19)14-2-3-18(24)17(23)10-14;1-5(2,3)7-4-6/h2-3,10-13,15,25,28H,4-9H2,1H3;4H,1-3H3. The van der Waals surface area contributed by atoms with Crippen LogP contribution in [-0.4, -0.2) is 61.5 Å². The van der Waals surface area contributed by atoms with Gasteiger partial charge in [0.2, 0.25) is 0 Å². The fourth-order valence-corrected chi connectivity index (χ4v) is 3.94. The van der Waals surface area contributed by atoms with Gasteiger partial charge >= 0.3 is 0 Å². The topological polar surface area (TPSA) is 94.6 Å². The van der Waals surface area contributed by atoms with Crippen LogP contribution in [-0.2, 0) is 14.3 Å². The summed E-state index contributed by atoms with van der Waals surface area (Å²) < 4.78 is 29.3. The van der Waals surface area contributed by atoms with E-state index in [0.717, 1.165) is 53.8 Å². The lowest BCUT2D eigenvalue weighted by Crippen LogP contribution is -2.35. The molecule has 0 saturated carbocycles. The first-order valence-electron chi connectivity index (χ1n) is 12.2. The number of anilines is 1. The van der Waals surface area contributed by atoms with Crippen molar-refractivity contribution >= 4 is 34.7 Å². The minimum atomic E-state index is -0.458. The summed E-state index contributed by atoms with van der Waals surface area (Å²) in [5.74, 6) is 0.265. The lowest BCUT2D eigenvalue weighted by atomic mass is 10.0. The maximum absolute atomic E-state index is 13.6. The molecule has 3 aromatic rings. The molecular weight excluding hydrogens is 499 g/mol. The fourth-order valence-electron chi connectivity index (χ4n) is 3.76. The number of methoxy groups -OCH3 is 1. The van der Waals surface area contributed by atoms with Crippen molar-refractivity contribution in [1.82, 2.24) is 15.3 Å². The molecule has 0 aliphatic carbocycles. The third kappa shape index (κ3) is 8.52. The van der Waals surface area contributed by atoms with Gasteiger partial charge < -0.3 is 24.8 Å². The molecule has 0 unspecified atom stereocenters. The van der Waals surface area contributed by atoms with Crippen molar-refractivity contribution < 1.29 is 23.4 Å². The van der Waals surface area contributed by atoms with Gasteiger partial charge in [0.05, 0.1) is 28.5 Å². The highest BCUT2D eigenvalue weighted by molar-refractivity contribution is 6.31. The van der Waals surface area contributed by atoms with Crippen molar-refractivity contribution in [2.75, 3.05) is 38.7 Å². The molecule has 0 atom stereocenters. The highest BCUT2D eigenvalue weighted by atomic mass is 35.5. The number of nitrogens with one attached hydrogen (secondary N) is 2. The Morgan fingerprint density at radius 1 is 1.16 bits per heavy atom. The monoisotopic (exact) mass is 532 g/mol. The predicted molar refractivity (Wildman–Crippen MR) is 144 cm³/mol. The minimum absolute atomic E-state index is 0.0619. The van der Waals surface area contributed by atoms with Gasteiger partial charge in [0.25, 0.3) is 6.47 Å². The number of carbonyl (C=O) groups is 1. The summed E-state index contributed by atoms with van der Waals surface area (Å²) >= 11 is 6.00. The van der Waals surface area contributed by atoms with Crippen LogP contribution in [0.5, 0.6) is 5.75 Å². The molecule has 0 radical (unpaired) electrons. The van der Waals surface area contributed by atoms with Crippen LogP contribution in [0.4, 0.5) is 10.1 Å². The van der Waals surface area contributed by atoms with E-state index in [9.17, 15) is 9.18 Å². The number of fused-ring (bicyclic) bond motifs is 1. The number of halogens is 2. The molecule has 0 bridgehead atoms. The summed E-state index contributed by atoms with van der Waals surface area (Å²) in [6, 6.07) is 8.87. The van der Waals surface area contributed by atoms with Crippen molar-refractivity contribution in [2.45, 2.75) is 45.3 Å². The van der Waals surface area contributed by atoms with E-state index in [0.29, 0.717) is 31.4 Å². The second-order valence-electron chi connectivity index (χ2n) is 9.55. The molecule has 1 aliphatic heterocycles. The molecule has 1 aromatic heterocycles. The third-order valence-corrected chi connectivity index (χ3v) is 5.86. The van der Waals surface area contributed by atoms with Gasteiger partial charge in [-0.2, -0.15) is 0 Å². The summed E-state index contributed by atoms with van der Waals surface area (Å²) in [6.07, 6.45) is 3.55. The normalized spacial score (nSPS) is 14.0. The predicted octanol–water partition coefficient (Wildman–Crippen LogP) is 5.24. The molecule has 2 heterocycles. The molecule has 1 aliphatic rings. The van der Waals surface area contributed by atoms with E-state index in [2.05, 4.69) is 25.3 Å². The van der Waals surface area contributed by atoms with Crippen molar-refractivity contribution in [2.24, 2.45) is 0 Å². The highest BCUT2D eigenvalue weighted by Crippen LogP contribution is 2.35. The third-order valence-electron chi connectivity index (χ3n) is 5.58. The van der Waals surface area contributed by atoms with Crippen LogP contribution < -0.4 is 15.4 Å². The number of nitrogens with zero attached hydrogens (tertiary/aromatic N) is 2. The Labute approximate surface area is 221 Å². The second-order valence-corrected chi connectivity index (χ2v) is 9.96. The van der Waals surface area contributed by atoms with Crippen molar-refractivity contribution in [1.29, 1.82) is 0 Å². The lowest BCUT2D eigenvalue weighted by molar-refractivity contribution is -0.138. The van der Waals surface area contributed by atoms with E-state index in [1.54, 1.807) is 19.2 Å². The molecule has 8 nitrogen and oxygen atoms in total. The van der Waals surface area contributed by atoms with E-state index < -0.39 is 5.82 Å². The number of aromatic nitrogens is 2. The molecule has 10 heteroatoms. The Morgan fingerprint density at radius 2 is 1.92 bits per heavy atom. The molecule has 2 N–H and O–H groups in total. The van der Waals surface area contributed by atoms with Gasteiger partial charge in [0, 0.05) is 30.2 Å². The summed E-state index contributed by atoms with van der Waals surface area (Å²) in [6.45, 7) is 8.81. The molecule has 37 heavy (non-hydrogen) atoms. The lowest BCUT2D eigenvalue weighted by Gasteiger charge is -2.26. The number of ether oxygens (including phenoxy) is 3. The van der Waals surface area contributed by atoms with Crippen LogP contribution in [0.15, 0.2) is 36.7 Å². The number of benzene rings is 2. The SMILES string of the molecule is CC(C)(C)OC=O.COCCOc1cc2ncnc(-c3ccc(F)c(Cl)c3)c2cc1NC1CCNCC1. The number of hydrogen-bond donors (Lipinski definition) is 2. The maximum Gasteiger partial charge on any atom is 0.293 e. The molecule has 200 valence electrons. The number of piperidine rings is 1. The molecule has 4 rings (SSSR count). The average molecular weight is 533 g/mol. The van der Waals surface area contributed by atoms with Crippen LogP contribution in [0.2, 0.25) is 5.02 Å².